The minimum absolute atomic E-state index is 0.608. The van der Waals surface area contributed by atoms with Crippen molar-refractivity contribution in [3.05, 3.63) is 59.5 Å². The molecule has 0 saturated heterocycles. The van der Waals surface area contributed by atoms with Gasteiger partial charge < -0.3 is 24.7 Å². The molecular weight excluding hydrogens is 298 g/mol. The molecule has 0 atom stereocenters. The van der Waals surface area contributed by atoms with Crippen molar-refractivity contribution in [1.29, 1.82) is 0 Å². The Kier molecular flexibility index (Phi) is 7.56. The van der Waals surface area contributed by atoms with E-state index in [1.165, 1.54) is 11.1 Å². The van der Waals surface area contributed by atoms with Crippen molar-refractivity contribution >= 4 is 11.9 Å². The molecule has 2 rings (SSSR count). The van der Waals surface area contributed by atoms with Crippen molar-refractivity contribution in [2.75, 3.05) is 0 Å². The molecule has 0 fully saturated rings. The van der Waals surface area contributed by atoms with E-state index in [1.807, 2.05) is 12.1 Å². The average Bonchev–Trinajstić information content (AvgIpc) is 3.01. The molecule has 0 radical (unpaired) electrons. The summed E-state index contributed by atoms with van der Waals surface area (Å²) >= 11 is 0. The minimum Gasteiger partial charge on any atom is -0.539 e. The van der Waals surface area contributed by atoms with E-state index in [9.17, 15) is 0 Å². The number of benzene rings is 1. The minimum atomic E-state index is -2.07. The number of carbonyl (C=O) groups is 2. The van der Waals surface area contributed by atoms with Crippen LogP contribution in [0.2, 0.25) is 0 Å². The van der Waals surface area contributed by atoms with Gasteiger partial charge in [0.05, 0.1) is 6.26 Å². The standard InChI is InChI=1S/C15H19NO.C2H2O4/c1-12(2)14-7-5-13(6-8-14)10-16-11-15-4-3-9-17-15;3-1(4)2(5)6/h3-9,12,16H,10-11H2,1-2H3;(H,3,4)(H,5,6). The van der Waals surface area contributed by atoms with Gasteiger partial charge in [0.2, 0.25) is 0 Å². The first kappa shape index (κ1) is 18.4. The van der Waals surface area contributed by atoms with Crippen LogP contribution in [-0.4, -0.2) is 17.0 Å². The molecule has 0 aliphatic rings. The molecule has 1 heterocycles. The lowest BCUT2D eigenvalue weighted by molar-refractivity contribution is -0.687. The van der Waals surface area contributed by atoms with Crippen molar-refractivity contribution in [2.24, 2.45) is 0 Å². The van der Waals surface area contributed by atoms with Crippen LogP contribution in [0.5, 0.6) is 0 Å². The zero-order chi connectivity index (χ0) is 17.2. The molecule has 0 amide bonds. The maximum atomic E-state index is 9.04. The summed E-state index contributed by atoms with van der Waals surface area (Å²) in [6, 6.07) is 12.8. The summed E-state index contributed by atoms with van der Waals surface area (Å²) in [6.45, 7) is 6.34. The molecule has 1 aromatic carbocycles. The SMILES string of the molecule is CC(C)c1ccc(C[NH2+]Cc2ccco2)cc1.O=C([O-])C(=O)O. The molecular formula is C17H21NO5. The number of quaternary nitrogens is 1. The van der Waals surface area contributed by atoms with Crippen molar-refractivity contribution in [3.63, 3.8) is 0 Å². The van der Waals surface area contributed by atoms with E-state index in [2.05, 4.69) is 43.4 Å². The van der Waals surface area contributed by atoms with Crippen molar-refractivity contribution < 1.29 is 29.5 Å². The molecule has 0 saturated carbocycles. The average molecular weight is 319 g/mol. The fourth-order valence-corrected chi connectivity index (χ4v) is 1.85. The van der Waals surface area contributed by atoms with Crippen LogP contribution < -0.4 is 10.4 Å². The summed E-state index contributed by atoms with van der Waals surface area (Å²) in [5.41, 5.74) is 2.76. The highest BCUT2D eigenvalue weighted by molar-refractivity contribution is 6.26. The second-order valence-corrected chi connectivity index (χ2v) is 5.27. The van der Waals surface area contributed by atoms with Gasteiger partial charge in [0, 0.05) is 5.56 Å². The lowest BCUT2D eigenvalue weighted by Gasteiger charge is -2.06. The van der Waals surface area contributed by atoms with Gasteiger partial charge in [-0.1, -0.05) is 38.1 Å². The quantitative estimate of drug-likeness (QED) is 0.780. The number of furan rings is 1. The zero-order valence-electron chi connectivity index (χ0n) is 13.2. The van der Waals surface area contributed by atoms with Crippen LogP contribution in [0.25, 0.3) is 0 Å². The van der Waals surface area contributed by atoms with Crippen LogP contribution in [0, 0.1) is 0 Å². The predicted molar refractivity (Wildman–Crippen MR) is 81.2 cm³/mol. The third-order valence-electron chi connectivity index (χ3n) is 3.13. The largest absolute Gasteiger partial charge is 0.539 e. The molecule has 0 aliphatic heterocycles. The summed E-state index contributed by atoms with van der Waals surface area (Å²) < 4.78 is 5.29. The first-order valence-electron chi connectivity index (χ1n) is 7.27. The van der Waals surface area contributed by atoms with E-state index >= 15 is 0 Å². The van der Waals surface area contributed by atoms with E-state index in [4.69, 9.17) is 24.2 Å². The Morgan fingerprint density at radius 2 is 1.78 bits per heavy atom. The fraction of sp³-hybridized carbons (Fsp3) is 0.294. The molecule has 6 nitrogen and oxygen atoms in total. The van der Waals surface area contributed by atoms with E-state index in [-0.39, 0.29) is 0 Å². The molecule has 124 valence electrons. The monoisotopic (exact) mass is 319 g/mol. The fourth-order valence-electron chi connectivity index (χ4n) is 1.85. The topological polar surface area (TPSA) is 107 Å². The Morgan fingerprint density at radius 3 is 2.22 bits per heavy atom. The summed E-state index contributed by atoms with van der Waals surface area (Å²) in [6.07, 6.45) is 1.72. The van der Waals surface area contributed by atoms with Crippen molar-refractivity contribution in [3.8, 4) is 0 Å². The third kappa shape index (κ3) is 7.28. The summed E-state index contributed by atoms with van der Waals surface area (Å²) in [5, 5.41) is 18.6. The van der Waals surface area contributed by atoms with Crippen molar-refractivity contribution in [2.45, 2.75) is 32.9 Å². The highest BCUT2D eigenvalue weighted by Gasteiger charge is 2.01. The summed E-state index contributed by atoms with van der Waals surface area (Å²) in [5.74, 6) is -2.37. The smallest absolute Gasteiger partial charge is 0.351 e. The van der Waals surface area contributed by atoms with Crippen LogP contribution in [-0.2, 0) is 22.7 Å². The summed E-state index contributed by atoms with van der Waals surface area (Å²) in [7, 11) is 0. The lowest BCUT2D eigenvalue weighted by Crippen LogP contribution is -2.80. The summed E-state index contributed by atoms with van der Waals surface area (Å²) in [4.78, 5) is 18.0. The Bertz CT molecular complexity index is 590. The predicted octanol–water partition coefficient (Wildman–Crippen LogP) is 0.487. The normalized spacial score (nSPS) is 10.0. The molecule has 2 aromatic rings. The van der Waals surface area contributed by atoms with Gasteiger partial charge in [-0.2, -0.15) is 0 Å². The maximum Gasteiger partial charge on any atom is 0.351 e. The number of nitrogens with two attached hydrogens (primary N) is 1. The van der Waals surface area contributed by atoms with Gasteiger partial charge in [-0.05, 0) is 23.6 Å². The molecule has 3 N–H and O–H groups in total. The Balaban J connectivity index is 0.000000379. The number of hydrogen-bond donors (Lipinski definition) is 2. The van der Waals surface area contributed by atoms with E-state index in [1.54, 1.807) is 6.26 Å². The first-order valence-corrected chi connectivity index (χ1v) is 7.27. The molecule has 1 aromatic heterocycles. The molecule has 6 heteroatoms. The lowest BCUT2D eigenvalue weighted by atomic mass is 10.0. The Labute approximate surface area is 134 Å². The van der Waals surface area contributed by atoms with Gasteiger partial charge in [-0.15, -0.1) is 0 Å². The number of carboxylic acids is 2. The van der Waals surface area contributed by atoms with E-state index in [0.29, 0.717) is 5.92 Å². The highest BCUT2D eigenvalue weighted by atomic mass is 16.4. The van der Waals surface area contributed by atoms with Crippen LogP contribution in [0.1, 0.15) is 36.7 Å². The number of carbonyl (C=O) groups excluding carboxylic acids is 1. The zero-order valence-corrected chi connectivity index (χ0v) is 13.2. The molecule has 0 bridgehead atoms. The van der Waals surface area contributed by atoms with Gasteiger partial charge in [-0.3, -0.25) is 0 Å². The first-order chi connectivity index (χ1) is 10.9. The Morgan fingerprint density at radius 1 is 1.17 bits per heavy atom. The second kappa shape index (κ2) is 9.42. The number of hydrogen-bond acceptors (Lipinski definition) is 4. The van der Waals surface area contributed by atoms with Crippen LogP contribution in [0.4, 0.5) is 0 Å². The van der Waals surface area contributed by atoms with Crippen LogP contribution >= 0.6 is 0 Å². The third-order valence-corrected chi connectivity index (χ3v) is 3.13. The van der Waals surface area contributed by atoms with Crippen LogP contribution in [0.3, 0.4) is 0 Å². The number of aliphatic carboxylic acids is 2. The van der Waals surface area contributed by atoms with Crippen molar-refractivity contribution in [1.82, 2.24) is 0 Å². The van der Waals surface area contributed by atoms with Crippen LogP contribution in [0.15, 0.2) is 47.1 Å². The second-order valence-electron chi connectivity index (χ2n) is 5.27. The molecule has 0 spiro atoms. The van der Waals surface area contributed by atoms with Gasteiger partial charge in [-0.25, -0.2) is 4.79 Å². The van der Waals surface area contributed by atoms with Gasteiger partial charge in [0.1, 0.15) is 13.1 Å². The molecule has 23 heavy (non-hydrogen) atoms. The maximum absolute atomic E-state index is 9.04. The number of rotatable bonds is 5. The van der Waals surface area contributed by atoms with Gasteiger partial charge in [0.25, 0.3) is 0 Å². The Hall–Kier alpha value is -2.60. The number of carboxylic acid groups (broad SMARTS) is 2. The molecule has 0 unspecified atom stereocenters. The van der Waals surface area contributed by atoms with Gasteiger partial charge >= 0.3 is 5.97 Å². The molecule has 0 aliphatic carbocycles. The van der Waals surface area contributed by atoms with E-state index < -0.39 is 11.9 Å². The highest BCUT2D eigenvalue weighted by Crippen LogP contribution is 2.14. The van der Waals surface area contributed by atoms with Gasteiger partial charge in [0.15, 0.2) is 11.7 Å². The van der Waals surface area contributed by atoms with E-state index in [0.717, 1.165) is 18.8 Å².